The van der Waals surface area contributed by atoms with Crippen molar-refractivity contribution in [2.45, 2.75) is 24.3 Å². The number of rotatable bonds is 6. The number of thiazole rings is 1. The van der Waals surface area contributed by atoms with Crippen molar-refractivity contribution < 1.29 is 26.4 Å². The maximum atomic E-state index is 14.3. The van der Waals surface area contributed by atoms with Gasteiger partial charge in [-0.25, -0.2) is 26.6 Å². The summed E-state index contributed by atoms with van der Waals surface area (Å²) < 4.78 is 69.3. The molecule has 0 spiro atoms. The highest BCUT2D eigenvalue weighted by atomic mass is 32.2. The first kappa shape index (κ1) is 25.3. The number of hydrogen-bond donors (Lipinski definition) is 0. The van der Waals surface area contributed by atoms with Crippen molar-refractivity contribution in [3.05, 3.63) is 83.9 Å². The van der Waals surface area contributed by atoms with Gasteiger partial charge in [-0.15, -0.1) is 0 Å². The Hall–Kier alpha value is -3.35. The van der Waals surface area contributed by atoms with Crippen LogP contribution in [0, 0.1) is 23.4 Å². The Labute approximate surface area is 215 Å². The molecule has 2 aromatic heterocycles. The van der Waals surface area contributed by atoms with Gasteiger partial charge < -0.3 is 0 Å². The number of nitrogens with zero attached hydrogens (tertiary/aromatic N) is 4. The van der Waals surface area contributed by atoms with Gasteiger partial charge in [0.15, 0.2) is 5.13 Å². The van der Waals surface area contributed by atoms with Crippen LogP contribution in [0.25, 0.3) is 10.2 Å². The molecule has 1 amide bonds. The standard InChI is InChI=1S/C25H21F3N4O3S2/c26-18-6-7-22(20(28)13-18)37(34,35)31-11-8-17(9-12-31)24(33)32(15-16-3-2-10-29-14-16)25-30-23-19(27)4-1-5-21(23)36-25/h1-7,10,13-14,17H,8-9,11-12,15H2. The van der Waals surface area contributed by atoms with Crippen LogP contribution in [0.15, 0.2) is 65.8 Å². The fourth-order valence-corrected chi connectivity index (χ4v) is 6.82. The predicted octanol–water partition coefficient (Wildman–Crippen LogP) is 4.74. The Bertz CT molecular complexity index is 1560. The highest BCUT2D eigenvalue weighted by Crippen LogP contribution is 2.34. The summed E-state index contributed by atoms with van der Waals surface area (Å²) in [5.74, 6) is -3.32. The Morgan fingerprint density at radius 1 is 1.05 bits per heavy atom. The molecule has 37 heavy (non-hydrogen) atoms. The Balaban J connectivity index is 1.38. The highest BCUT2D eigenvalue weighted by molar-refractivity contribution is 7.89. The minimum Gasteiger partial charge on any atom is -0.283 e. The summed E-state index contributed by atoms with van der Waals surface area (Å²) in [5, 5.41) is 0.331. The maximum Gasteiger partial charge on any atom is 0.245 e. The molecule has 7 nitrogen and oxygen atoms in total. The van der Waals surface area contributed by atoms with Crippen molar-refractivity contribution in [2.24, 2.45) is 5.92 Å². The minimum atomic E-state index is -4.20. The number of benzene rings is 2. The number of carbonyl (C=O) groups is 1. The number of halogens is 3. The van der Waals surface area contributed by atoms with E-state index < -0.39 is 38.3 Å². The van der Waals surface area contributed by atoms with Gasteiger partial charge in [0.1, 0.15) is 27.9 Å². The number of amides is 1. The van der Waals surface area contributed by atoms with E-state index in [1.807, 2.05) is 6.07 Å². The number of pyridine rings is 1. The lowest BCUT2D eigenvalue weighted by molar-refractivity contribution is -0.123. The van der Waals surface area contributed by atoms with E-state index in [1.54, 1.807) is 30.6 Å². The number of aromatic nitrogens is 2. The Morgan fingerprint density at radius 3 is 2.51 bits per heavy atom. The van der Waals surface area contributed by atoms with Crippen LogP contribution < -0.4 is 4.90 Å². The van der Waals surface area contributed by atoms with Crippen LogP contribution in [0.1, 0.15) is 18.4 Å². The molecule has 4 aromatic rings. The minimum absolute atomic E-state index is 0.00916. The first-order chi connectivity index (χ1) is 17.7. The Morgan fingerprint density at radius 2 is 1.84 bits per heavy atom. The molecule has 192 valence electrons. The van der Waals surface area contributed by atoms with Crippen LogP contribution in [0.3, 0.4) is 0 Å². The normalized spacial score (nSPS) is 15.2. The van der Waals surface area contributed by atoms with Gasteiger partial charge in [-0.05, 0) is 48.7 Å². The van der Waals surface area contributed by atoms with E-state index in [-0.39, 0.29) is 43.9 Å². The van der Waals surface area contributed by atoms with E-state index in [0.717, 1.165) is 22.0 Å². The summed E-state index contributed by atoms with van der Waals surface area (Å²) in [7, 11) is -4.20. The summed E-state index contributed by atoms with van der Waals surface area (Å²) in [6.45, 7) is 0.142. The molecule has 12 heteroatoms. The molecule has 1 aliphatic rings. The molecule has 2 aromatic carbocycles. The van der Waals surface area contributed by atoms with Gasteiger partial charge in [0, 0.05) is 37.5 Å². The van der Waals surface area contributed by atoms with E-state index in [9.17, 15) is 26.4 Å². The van der Waals surface area contributed by atoms with Crippen molar-refractivity contribution in [3.8, 4) is 0 Å². The fourth-order valence-electron chi connectivity index (χ4n) is 4.32. The van der Waals surface area contributed by atoms with Crippen molar-refractivity contribution in [2.75, 3.05) is 18.0 Å². The summed E-state index contributed by atoms with van der Waals surface area (Å²) in [6, 6.07) is 10.5. The van der Waals surface area contributed by atoms with Crippen LogP contribution in [0.2, 0.25) is 0 Å². The van der Waals surface area contributed by atoms with Crippen LogP contribution in [0.4, 0.5) is 18.3 Å². The second-order valence-corrected chi connectivity index (χ2v) is 11.5. The van der Waals surface area contributed by atoms with E-state index in [4.69, 9.17) is 0 Å². The number of piperidine rings is 1. The average Bonchev–Trinajstić information content (AvgIpc) is 3.33. The molecule has 0 aliphatic carbocycles. The van der Waals surface area contributed by atoms with Crippen molar-refractivity contribution >= 4 is 42.6 Å². The zero-order chi connectivity index (χ0) is 26.2. The van der Waals surface area contributed by atoms with Crippen molar-refractivity contribution in [3.63, 3.8) is 0 Å². The average molecular weight is 547 g/mol. The predicted molar refractivity (Wildman–Crippen MR) is 133 cm³/mol. The van der Waals surface area contributed by atoms with E-state index in [2.05, 4.69) is 9.97 Å². The van der Waals surface area contributed by atoms with Crippen LogP contribution >= 0.6 is 11.3 Å². The zero-order valence-electron chi connectivity index (χ0n) is 19.4. The lowest BCUT2D eigenvalue weighted by Gasteiger charge is -2.33. The third-order valence-electron chi connectivity index (χ3n) is 6.23. The second-order valence-electron chi connectivity index (χ2n) is 8.62. The summed E-state index contributed by atoms with van der Waals surface area (Å²) >= 11 is 1.19. The molecule has 3 heterocycles. The van der Waals surface area contributed by atoms with Gasteiger partial charge in [-0.3, -0.25) is 14.7 Å². The van der Waals surface area contributed by atoms with Gasteiger partial charge in [-0.2, -0.15) is 4.31 Å². The quantitative estimate of drug-likeness (QED) is 0.349. The molecule has 1 saturated heterocycles. The molecule has 0 saturated carbocycles. The number of para-hydroxylation sites is 1. The van der Waals surface area contributed by atoms with Gasteiger partial charge in [0.2, 0.25) is 15.9 Å². The molecular weight excluding hydrogens is 525 g/mol. The molecule has 0 bridgehead atoms. The molecule has 0 unspecified atom stereocenters. The number of anilines is 1. The largest absolute Gasteiger partial charge is 0.283 e. The number of sulfonamides is 1. The molecule has 0 atom stereocenters. The lowest BCUT2D eigenvalue weighted by atomic mass is 9.96. The highest BCUT2D eigenvalue weighted by Gasteiger charge is 2.36. The molecule has 0 radical (unpaired) electrons. The second kappa shape index (κ2) is 10.2. The number of hydrogen-bond acceptors (Lipinski definition) is 6. The third kappa shape index (κ3) is 5.09. The zero-order valence-corrected chi connectivity index (χ0v) is 21.0. The molecule has 1 fully saturated rings. The van der Waals surface area contributed by atoms with Gasteiger partial charge in [-0.1, -0.05) is 23.5 Å². The van der Waals surface area contributed by atoms with Gasteiger partial charge >= 0.3 is 0 Å². The van der Waals surface area contributed by atoms with E-state index in [0.29, 0.717) is 15.9 Å². The van der Waals surface area contributed by atoms with Crippen molar-refractivity contribution in [1.82, 2.24) is 14.3 Å². The van der Waals surface area contributed by atoms with Gasteiger partial charge in [0.25, 0.3) is 0 Å². The smallest absolute Gasteiger partial charge is 0.245 e. The lowest BCUT2D eigenvalue weighted by Crippen LogP contribution is -2.44. The van der Waals surface area contributed by atoms with Gasteiger partial charge in [0.05, 0.1) is 11.2 Å². The SMILES string of the molecule is O=C(C1CCN(S(=O)(=O)c2ccc(F)cc2F)CC1)N(Cc1cccnc1)c1nc2c(F)cccc2s1. The van der Waals surface area contributed by atoms with Crippen LogP contribution in [-0.2, 0) is 21.4 Å². The topological polar surface area (TPSA) is 83.5 Å². The Kier molecular flexibility index (Phi) is 6.97. The molecule has 5 rings (SSSR count). The molecule has 0 N–H and O–H groups in total. The first-order valence-corrected chi connectivity index (χ1v) is 13.7. The molecular formula is C25H21F3N4O3S2. The summed E-state index contributed by atoms with van der Waals surface area (Å²) in [6.07, 6.45) is 3.64. The monoisotopic (exact) mass is 546 g/mol. The van der Waals surface area contributed by atoms with Crippen LogP contribution in [0.5, 0.6) is 0 Å². The third-order valence-corrected chi connectivity index (χ3v) is 9.21. The number of fused-ring (bicyclic) bond motifs is 1. The van der Waals surface area contributed by atoms with E-state index >= 15 is 0 Å². The van der Waals surface area contributed by atoms with Crippen LogP contribution in [-0.4, -0.2) is 41.7 Å². The maximum absolute atomic E-state index is 14.3. The first-order valence-electron chi connectivity index (χ1n) is 11.4. The van der Waals surface area contributed by atoms with E-state index in [1.165, 1.54) is 22.3 Å². The fraction of sp³-hybridized carbons (Fsp3) is 0.240. The molecule has 1 aliphatic heterocycles. The summed E-state index contributed by atoms with van der Waals surface area (Å²) in [4.78, 5) is 23.1. The van der Waals surface area contributed by atoms with Crippen molar-refractivity contribution in [1.29, 1.82) is 0 Å². The summed E-state index contributed by atoms with van der Waals surface area (Å²) in [5.41, 5.74) is 0.927. The number of carbonyl (C=O) groups excluding carboxylic acids is 1.